The number of anilines is 1. The number of aryl methyl sites for hydroxylation is 1. The molecule has 0 unspecified atom stereocenters. The number of ether oxygens (including phenoxy) is 1. The molecule has 1 aromatic carbocycles. The van der Waals surface area contributed by atoms with E-state index in [1.54, 1.807) is 24.3 Å². The molecule has 2 aromatic rings. The van der Waals surface area contributed by atoms with Gasteiger partial charge in [-0.3, -0.25) is 14.6 Å². The topological polar surface area (TPSA) is 106 Å². The van der Waals surface area contributed by atoms with Gasteiger partial charge >= 0.3 is 0 Å². The zero-order valence-electron chi connectivity index (χ0n) is 14.5. The van der Waals surface area contributed by atoms with Crippen LogP contribution >= 0.6 is 0 Å². The summed E-state index contributed by atoms with van der Waals surface area (Å²) < 4.78 is 5.85. The number of benzene rings is 1. The Bertz CT molecular complexity index is 777. The normalized spacial score (nSPS) is 11.5. The summed E-state index contributed by atoms with van der Waals surface area (Å²) in [5.74, 6) is 0.502. The lowest BCUT2D eigenvalue weighted by Crippen LogP contribution is -2.34. The molecule has 2 amide bonds. The molecule has 0 spiro atoms. The van der Waals surface area contributed by atoms with Crippen LogP contribution in [0.25, 0.3) is 0 Å². The van der Waals surface area contributed by atoms with Crippen molar-refractivity contribution in [1.29, 1.82) is 0 Å². The van der Waals surface area contributed by atoms with E-state index < -0.39 is 6.04 Å². The fourth-order valence-electron chi connectivity index (χ4n) is 2.06. The van der Waals surface area contributed by atoms with Crippen molar-refractivity contribution < 1.29 is 14.3 Å². The van der Waals surface area contributed by atoms with E-state index in [9.17, 15) is 9.59 Å². The van der Waals surface area contributed by atoms with E-state index in [1.807, 2.05) is 19.9 Å². The summed E-state index contributed by atoms with van der Waals surface area (Å²) in [6, 6.07) is 7.99. The highest BCUT2D eigenvalue weighted by Crippen LogP contribution is 2.28. The molecule has 2 rings (SSSR count). The fraction of sp³-hybridized carbons (Fsp3) is 0.278. The fourth-order valence-corrected chi connectivity index (χ4v) is 2.06. The number of rotatable bonds is 6. The molecule has 0 saturated carbocycles. The van der Waals surface area contributed by atoms with Crippen molar-refractivity contribution in [2.45, 2.75) is 26.3 Å². The van der Waals surface area contributed by atoms with E-state index in [0.717, 1.165) is 5.56 Å². The van der Waals surface area contributed by atoms with Crippen LogP contribution in [0.15, 0.2) is 36.5 Å². The quantitative estimate of drug-likeness (QED) is 0.746. The van der Waals surface area contributed by atoms with Crippen LogP contribution in [0.5, 0.6) is 11.5 Å². The van der Waals surface area contributed by atoms with Gasteiger partial charge in [0.25, 0.3) is 5.91 Å². The number of aromatic nitrogens is 1. The summed E-state index contributed by atoms with van der Waals surface area (Å²) in [6.07, 6.45) is 2.06. The largest absolute Gasteiger partial charge is 0.457 e. The Morgan fingerprint density at radius 2 is 2.04 bits per heavy atom. The summed E-state index contributed by atoms with van der Waals surface area (Å²) in [5, 5.41) is 5.28. The lowest BCUT2D eigenvalue weighted by molar-refractivity contribution is -0.117. The van der Waals surface area contributed by atoms with E-state index in [4.69, 9.17) is 10.5 Å². The first-order chi connectivity index (χ1) is 11.9. The second kappa shape index (κ2) is 8.25. The summed E-state index contributed by atoms with van der Waals surface area (Å²) in [4.78, 5) is 27.6. The Morgan fingerprint density at radius 1 is 1.28 bits per heavy atom. The molecule has 7 nitrogen and oxygen atoms in total. The zero-order chi connectivity index (χ0) is 18.4. The Morgan fingerprint density at radius 3 is 2.72 bits per heavy atom. The number of nitrogens with two attached hydrogens (primary N) is 1. The van der Waals surface area contributed by atoms with Crippen molar-refractivity contribution in [3.63, 3.8) is 0 Å². The van der Waals surface area contributed by atoms with Crippen LogP contribution in [0.4, 0.5) is 5.69 Å². The molecule has 0 aliphatic rings. The molecule has 1 aromatic heterocycles. The second-order valence-electron chi connectivity index (χ2n) is 5.54. The molecule has 0 saturated heterocycles. The SMILES string of the molecule is CC[C@H](N)C(=O)Nc1ccc(C)c(Oc2ccnc(C(=O)NC)c2)c1. The van der Waals surface area contributed by atoms with Gasteiger partial charge < -0.3 is 21.1 Å². The minimum atomic E-state index is -0.555. The van der Waals surface area contributed by atoms with Crippen molar-refractivity contribution in [3.05, 3.63) is 47.8 Å². The molecule has 0 aliphatic heterocycles. The molecule has 1 heterocycles. The Balaban J connectivity index is 2.21. The van der Waals surface area contributed by atoms with E-state index in [2.05, 4.69) is 15.6 Å². The van der Waals surface area contributed by atoms with Crippen molar-refractivity contribution in [2.24, 2.45) is 5.73 Å². The number of nitrogens with zero attached hydrogens (tertiary/aromatic N) is 1. The second-order valence-corrected chi connectivity index (χ2v) is 5.54. The standard InChI is InChI=1S/C18H22N4O3/c1-4-14(19)17(23)22-12-6-5-11(2)16(9-12)25-13-7-8-21-15(10-13)18(24)20-3/h5-10,14H,4,19H2,1-3H3,(H,20,24)(H,22,23)/t14-/m0/s1. The highest BCUT2D eigenvalue weighted by atomic mass is 16.5. The molecule has 0 radical (unpaired) electrons. The van der Waals surface area contributed by atoms with Crippen LogP contribution in [0.2, 0.25) is 0 Å². The Hall–Kier alpha value is -2.93. The molecular weight excluding hydrogens is 320 g/mol. The molecule has 25 heavy (non-hydrogen) atoms. The third-order valence-electron chi connectivity index (χ3n) is 3.65. The van der Waals surface area contributed by atoms with Gasteiger partial charge in [0.1, 0.15) is 17.2 Å². The number of carbonyl (C=O) groups is 2. The van der Waals surface area contributed by atoms with Gasteiger partial charge in [-0.05, 0) is 31.0 Å². The van der Waals surface area contributed by atoms with Gasteiger partial charge in [-0.2, -0.15) is 0 Å². The van der Waals surface area contributed by atoms with Gasteiger partial charge in [0, 0.05) is 31.1 Å². The van der Waals surface area contributed by atoms with Crippen LogP contribution in [-0.4, -0.2) is 29.9 Å². The summed E-state index contributed by atoms with van der Waals surface area (Å²) >= 11 is 0. The van der Waals surface area contributed by atoms with Crippen LogP contribution in [0.3, 0.4) is 0 Å². The maximum atomic E-state index is 11.9. The minimum Gasteiger partial charge on any atom is -0.457 e. The number of carbonyl (C=O) groups excluding carboxylic acids is 2. The first-order valence-corrected chi connectivity index (χ1v) is 7.97. The summed E-state index contributed by atoms with van der Waals surface area (Å²) in [5.41, 5.74) is 7.46. The number of amides is 2. The van der Waals surface area contributed by atoms with E-state index in [-0.39, 0.29) is 17.5 Å². The van der Waals surface area contributed by atoms with Gasteiger partial charge in [-0.15, -0.1) is 0 Å². The van der Waals surface area contributed by atoms with E-state index in [1.165, 1.54) is 13.2 Å². The van der Waals surface area contributed by atoms with Crippen LogP contribution in [0.1, 0.15) is 29.4 Å². The molecule has 0 fully saturated rings. The van der Waals surface area contributed by atoms with E-state index >= 15 is 0 Å². The highest BCUT2D eigenvalue weighted by molar-refractivity contribution is 5.95. The molecule has 0 bridgehead atoms. The zero-order valence-corrected chi connectivity index (χ0v) is 14.5. The molecule has 0 aliphatic carbocycles. The van der Waals surface area contributed by atoms with Crippen LogP contribution in [-0.2, 0) is 4.79 Å². The molecule has 7 heteroatoms. The smallest absolute Gasteiger partial charge is 0.269 e. The Kier molecular flexibility index (Phi) is 6.08. The van der Waals surface area contributed by atoms with Gasteiger partial charge in [0.15, 0.2) is 0 Å². The number of hydrogen-bond acceptors (Lipinski definition) is 5. The minimum absolute atomic E-state index is 0.247. The molecule has 4 N–H and O–H groups in total. The molecule has 1 atom stereocenters. The third kappa shape index (κ3) is 4.77. The lowest BCUT2D eigenvalue weighted by Gasteiger charge is -2.13. The van der Waals surface area contributed by atoms with Crippen molar-refractivity contribution >= 4 is 17.5 Å². The van der Waals surface area contributed by atoms with E-state index in [0.29, 0.717) is 23.6 Å². The van der Waals surface area contributed by atoms with Crippen molar-refractivity contribution in [3.8, 4) is 11.5 Å². The number of nitrogens with one attached hydrogen (secondary N) is 2. The first kappa shape index (κ1) is 18.4. The van der Waals surface area contributed by atoms with Crippen LogP contribution in [0, 0.1) is 6.92 Å². The average molecular weight is 342 g/mol. The molecule has 132 valence electrons. The van der Waals surface area contributed by atoms with Crippen LogP contribution < -0.4 is 21.1 Å². The predicted molar refractivity (Wildman–Crippen MR) is 95.8 cm³/mol. The number of hydrogen-bond donors (Lipinski definition) is 3. The first-order valence-electron chi connectivity index (χ1n) is 7.97. The van der Waals surface area contributed by atoms with Gasteiger partial charge in [0.05, 0.1) is 6.04 Å². The lowest BCUT2D eigenvalue weighted by atomic mass is 10.2. The maximum Gasteiger partial charge on any atom is 0.269 e. The van der Waals surface area contributed by atoms with Gasteiger partial charge in [0.2, 0.25) is 5.91 Å². The van der Waals surface area contributed by atoms with Gasteiger partial charge in [-0.25, -0.2) is 0 Å². The number of pyridine rings is 1. The molecular formula is C18H22N4O3. The summed E-state index contributed by atoms with van der Waals surface area (Å²) in [7, 11) is 1.54. The third-order valence-corrected chi connectivity index (χ3v) is 3.65. The predicted octanol–water partition coefficient (Wildman–Crippen LogP) is 2.22. The Labute approximate surface area is 146 Å². The van der Waals surface area contributed by atoms with Gasteiger partial charge in [-0.1, -0.05) is 13.0 Å². The average Bonchev–Trinajstić information content (AvgIpc) is 2.63. The van der Waals surface area contributed by atoms with Crippen molar-refractivity contribution in [1.82, 2.24) is 10.3 Å². The summed E-state index contributed by atoms with van der Waals surface area (Å²) in [6.45, 7) is 3.74. The highest BCUT2D eigenvalue weighted by Gasteiger charge is 2.13. The maximum absolute atomic E-state index is 11.9. The van der Waals surface area contributed by atoms with Crippen molar-refractivity contribution in [2.75, 3.05) is 12.4 Å². The monoisotopic (exact) mass is 342 g/mol.